The Kier molecular flexibility index (Phi) is 5.18. The molecule has 1 aromatic carbocycles. The van der Waals surface area contributed by atoms with E-state index in [0.29, 0.717) is 12.3 Å². The standard InChI is InChI=1S/C15H23NO3S/c1-13(20(17,18)19)11-14-7-9-16(10-8-14)12-15-5-3-2-4-6-15/h2-6,13-14H,7-12H2,1H3,(H,17,18,19). The van der Waals surface area contributed by atoms with Crippen molar-refractivity contribution in [3.05, 3.63) is 35.9 Å². The summed E-state index contributed by atoms with van der Waals surface area (Å²) >= 11 is 0. The lowest BCUT2D eigenvalue weighted by Gasteiger charge is -2.32. The predicted molar refractivity (Wildman–Crippen MR) is 80.1 cm³/mol. The molecule has 0 radical (unpaired) electrons. The van der Waals surface area contributed by atoms with Gasteiger partial charge in [0.2, 0.25) is 0 Å². The van der Waals surface area contributed by atoms with Crippen LogP contribution in [0, 0.1) is 5.92 Å². The van der Waals surface area contributed by atoms with Gasteiger partial charge in [0.15, 0.2) is 0 Å². The summed E-state index contributed by atoms with van der Waals surface area (Å²) in [6.45, 7) is 4.54. The third-order valence-electron chi connectivity index (χ3n) is 4.13. The first-order valence-electron chi connectivity index (χ1n) is 7.17. The van der Waals surface area contributed by atoms with Crippen LogP contribution in [0.2, 0.25) is 0 Å². The number of likely N-dealkylation sites (tertiary alicyclic amines) is 1. The molecular formula is C15H23NO3S. The first-order chi connectivity index (χ1) is 9.45. The number of rotatable bonds is 5. The largest absolute Gasteiger partial charge is 0.299 e. The average Bonchev–Trinajstić information content (AvgIpc) is 2.41. The highest BCUT2D eigenvalue weighted by Crippen LogP contribution is 2.24. The topological polar surface area (TPSA) is 57.6 Å². The molecule has 0 bridgehead atoms. The van der Waals surface area contributed by atoms with Crippen molar-refractivity contribution in [1.29, 1.82) is 0 Å². The summed E-state index contributed by atoms with van der Waals surface area (Å²) in [5, 5.41) is -0.645. The maximum atomic E-state index is 11.1. The summed E-state index contributed by atoms with van der Waals surface area (Å²) in [6, 6.07) is 10.4. The van der Waals surface area contributed by atoms with Gasteiger partial charge in [-0.3, -0.25) is 9.45 Å². The number of hydrogen-bond acceptors (Lipinski definition) is 3. The number of nitrogens with zero attached hydrogens (tertiary/aromatic N) is 1. The molecular weight excluding hydrogens is 274 g/mol. The van der Waals surface area contributed by atoms with Crippen molar-refractivity contribution in [2.24, 2.45) is 5.92 Å². The summed E-state index contributed by atoms with van der Waals surface area (Å²) in [5.41, 5.74) is 1.32. The lowest BCUT2D eigenvalue weighted by molar-refractivity contribution is 0.171. The van der Waals surface area contributed by atoms with E-state index in [0.717, 1.165) is 32.5 Å². The van der Waals surface area contributed by atoms with Crippen molar-refractivity contribution in [1.82, 2.24) is 4.90 Å². The van der Waals surface area contributed by atoms with Gasteiger partial charge in [-0.2, -0.15) is 8.42 Å². The van der Waals surface area contributed by atoms with E-state index in [4.69, 9.17) is 4.55 Å². The molecule has 20 heavy (non-hydrogen) atoms. The molecule has 1 aliphatic heterocycles. The van der Waals surface area contributed by atoms with Crippen LogP contribution in [0.25, 0.3) is 0 Å². The Hall–Kier alpha value is -0.910. The normalized spacial score (nSPS) is 19.9. The Morgan fingerprint density at radius 1 is 1.25 bits per heavy atom. The van der Waals surface area contributed by atoms with Gasteiger partial charge >= 0.3 is 0 Å². The van der Waals surface area contributed by atoms with Gasteiger partial charge in [-0.15, -0.1) is 0 Å². The molecule has 2 rings (SSSR count). The van der Waals surface area contributed by atoms with Gasteiger partial charge in [0.1, 0.15) is 0 Å². The third-order valence-corrected chi connectivity index (χ3v) is 5.34. The second kappa shape index (κ2) is 6.70. The molecule has 1 N–H and O–H groups in total. The smallest absolute Gasteiger partial charge is 0.267 e. The lowest BCUT2D eigenvalue weighted by atomic mass is 9.92. The van der Waals surface area contributed by atoms with Gasteiger partial charge in [-0.1, -0.05) is 30.3 Å². The van der Waals surface area contributed by atoms with Gasteiger partial charge in [-0.05, 0) is 50.8 Å². The highest BCUT2D eigenvalue weighted by atomic mass is 32.2. The summed E-state index contributed by atoms with van der Waals surface area (Å²) in [5.74, 6) is 0.402. The average molecular weight is 297 g/mol. The van der Waals surface area contributed by atoms with Crippen LogP contribution in [0.4, 0.5) is 0 Å². The highest BCUT2D eigenvalue weighted by molar-refractivity contribution is 7.86. The Labute approximate surface area is 121 Å². The monoisotopic (exact) mass is 297 g/mol. The SMILES string of the molecule is CC(CC1CCN(Cc2ccccc2)CC1)S(=O)(=O)O. The molecule has 4 nitrogen and oxygen atoms in total. The fraction of sp³-hybridized carbons (Fsp3) is 0.600. The molecule has 0 spiro atoms. The minimum atomic E-state index is -3.88. The third kappa shape index (κ3) is 4.58. The zero-order chi connectivity index (χ0) is 14.6. The molecule has 1 unspecified atom stereocenters. The van der Waals surface area contributed by atoms with Crippen LogP contribution >= 0.6 is 0 Å². The van der Waals surface area contributed by atoms with Crippen LogP contribution in [-0.2, 0) is 16.7 Å². The minimum absolute atomic E-state index is 0.402. The fourth-order valence-electron chi connectivity index (χ4n) is 2.81. The molecule has 1 heterocycles. The first kappa shape index (κ1) is 15.5. The van der Waals surface area contributed by atoms with Gasteiger partial charge in [0.25, 0.3) is 10.1 Å². The highest BCUT2D eigenvalue weighted by Gasteiger charge is 2.25. The zero-order valence-electron chi connectivity index (χ0n) is 11.9. The van der Waals surface area contributed by atoms with E-state index < -0.39 is 15.4 Å². The maximum absolute atomic E-state index is 11.1. The van der Waals surface area contributed by atoms with Crippen molar-refractivity contribution in [2.45, 2.75) is 38.0 Å². The Morgan fingerprint density at radius 3 is 2.40 bits per heavy atom. The van der Waals surface area contributed by atoms with E-state index in [1.165, 1.54) is 5.56 Å². The molecule has 0 saturated carbocycles. The van der Waals surface area contributed by atoms with Gasteiger partial charge < -0.3 is 0 Å². The summed E-state index contributed by atoms with van der Waals surface area (Å²) in [7, 11) is -3.88. The van der Waals surface area contributed by atoms with Crippen LogP contribution in [-0.4, -0.2) is 36.2 Å². The van der Waals surface area contributed by atoms with Gasteiger partial charge in [0.05, 0.1) is 5.25 Å². The molecule has 112 valence electrons. The zero-order valence-corrected chi connectivity index (χ0v) is 12.7. The molecule has 5 heteroatoms. The van der Waals surface area contributed by atoms with Crippen molar-refractivity contribution in [3.63, 3.8) is 0 Å². The van der Waals surface area contributed by atoms with Crippen molar-refractivity contribution in [3.8, 4) is 0 Å². The van der Waals surface area contributed by atoms with E-state index in [1.807, 2.05) is 6.07 Å². The van der Waals surface area contributed by atoms with Crippen LogP contribution < -0.4 is 0 Å². The minimum Gasteiger partial charge on any atom is -0.299 e. The van der Waals surface area contributed by atoms with E-state index >= 15 is 0 Å². The molecule has 1 atom stereocenters. The number of piperidine rings is 1. The second-order valence-electron chi connectivity index (χ2n) is 5.77. The van der Waals surface area contributed by atoms with Crippen LogP contribution in [0.3, 0.4) is 0 Å². The van der Waals surface area contributed by atoms with Crippen LogP contribution in [0.15, 0.2) is 30.3 Å². The van der Waals surface area contributed by atoms with Crippen molar-refractivity contribution in [2.75, 3.05) is 13.1 Å². The molecule has 0 aromatic heterocycles. The van der Waals surface area contributed by atoms with E-state index in [1.54, 1.807) is 6.92 Å². The Bertz CT molecular complexity index is 507. The van der Waals surface area contributed by atoms with E-state index in [2.05, 4.69) is 29.2 Å². The van der Waals surface area contributed by atoms with E-state index in [9.17, 15) is 8.42 Å². The van der Waals surface area contributed by atoms with Crippen LogP contribution in [0.1, 0.15) is 31.7 Å². The number of hydrogen-bond donors (Lipinski definition) is 1. The summed E-state index contributed by atoms with van der Waals surface area (Å²) < 4.78 is 31.1. The second-order valence-corrected chi connectivity index (χ2v) is 7.60. The molecule has 1 aromatic rings. The quantitative estimate of drug-likeness (QED) is 0.849. The fourth-order valence-corrected chi connectivity index (χ4v) is 3.33. The van der Waals surface area contributed by atoms with Crippen molar-refractivity contribution < 1.29 is 13.0 Å². The lowest BCUT2D eigenvalue weighted by Crippen LogP contribution is -2.34. The first-order valence-corrected chi connectivity index (χ1v) is 8.68. The summed E-state index contributed by atoms with van der Waals surface area (Å²) in [4.78, 5) is 2.41. The van der Waals surface area contributed by atoms with E-state index in [-0.39, 0.29) is 0 Å². The van der Waals surface area contributed by atoms with Crippen LogP contribution in [0.5, 0.6) is 0 Å². The van der Waals surface area contributed by atoms with Crippen molar-refractivity contribution >= 4 is 10.1 Å². The predicted octanol–water partition coefficient (Wildman–Crippen LogP) is 2.57. The molecule has 1 aliphatic rings. The Morgan fingerprint density at radius 2 is 1.85 bits per heavy atom. The van der Waals surface area contributed by atoms with Gasteiger partial charge in [-0.25, -0.2) is 0 Å². The molecule has 1 saturated heterocycles. The molecule has 1 fully saturated rings. The maximum Gasteiger partial charge on any atom is 0.267 e. The number of benzene rings is 1. The summed E-state index contributed by atoms with van der Waals surface area (Å²) in [6.07, 6.45) is 2.58. The van der Waals surface area contributed by atoms with Gasteiger partial charge in [0, 0.05) is 6.54 Å². The Balaban J connectivity index is 1.78. The molecule has 0 amide bonds. The molecule has 0 aliphatic carbocycles.